The molecule has 1 aliphatic heterocycles. The first kappa shape index (κ1) is 35.7. The van der Waals surface area contributed by atoms with E-state index >= 15 is 0 Å². The van der Waals surface area contributed by atoms with Gasteiger partial charge < -0.3 is 4.74 Å². The Balaban J connectivity index is 0.957. The molecule has 13 rings (SSSR count). The zero-order valence-corrected chi connectivity index (χ0v) is 34.7. The van der Waals surface area contributed by atoms with Gasteiger partial charge in [0.15, 0.2) is 17.5 Å². The maximum absolute atomic E-state index is 6.84. The summed E-state index contributed by atoms with van der Waals surface area (Å²) in [6, 6.07) is 75.5. The van der Waals surface area contributed by atoms with Crippen LogP contribution >= 0.6 is 11.3 Å². The van der Waals surface area contributed by atoms with Crippen LogP contribution in [0.4, 0.5) is 0 Å². The maximum atomic E-state index is 6.84. The number of benzene rings is 9. The van der Waals surface area contributed by atoms with E-state index in [1.165, 1.54) is 42.4 Å². The van der Waals surface area contributed by atoms with Crippen molar-refractivity contribution in [3.05, 3.63) is 235 Å². The van der Waals surface area contributed by atoms with Gasteiger partial charge in [0.25, 0.3) is 0 Å². The lowest BCUT2D eigenvalue weighted by Crippen LogP contribution is -2.32. The van der Waals surface area contributed by atoms with Gasteiger partial charge in [0, 0.05) is 48.0 Å². The molecule has 0 N–H and O–H groups in total. The van der Waals surface area contributed by atoms with Crippen molar-refractivity contribution in [3.8, 4) is 79.0 Å². The largest absolute Gasteiger partial charge is 0.457 e. The van der Waals surface area contributed by atoms with Crippen LogP contribution in [0.1, 0.15) is 22.3 Å². The van der Waals surface area contributed by atoms with Crippen molar-refractivity contribution < 1.29 is 4.74 Å². The Labute approximate surface area is 368 Å². The number of aromatic nitrogens is 3. The number of ether oxygens (including phenoxy) is 1. The standard InChI is InChI=1S/C58H35N3OS/c1-3-15-36(16-4-1)55-59-56(37-17-5-2-6-18-37)61-57(60-55)42-22-14-21-40(34-42)38-19-13-20-39(33-38)41-29-31-50-48(35-41)58(46-26-10-11-27-49(46)62-50)45-25-9-7-23-43(45)53-47(58)30-32-52-54(53)44-24-8-12-28-51(44)63-52/h1-35H. The van der Waals surface area contributed by atoms with Gasteiger partial charge in [-0.05, 0) is 87.0 Å². The molecule has 0 amide bonds. The summed E-state index contributed by atoms with van der Waals surface area (Å²) >= 11 is 1.87. The molecule has 0 bridgehead atoms. The average molecular weight is 822 g/mol. The summed E-state index contributed by atoms with van der Waals surface area (Å²) in [5.74, 6) is 3.68. The van der Waals surface area contributed by atoms with Gasteiger partial charge in [-0.25, -0.2) is 15.0 Å². The van der Waals surface area contributed by atoms with Gasteiger partial charge in [-0.3, -0.25) is 0 Å². The summed E-state index contributed by atoms with van der Waals surface area (Å²) in [6.07, 6.45) is 0. The number of thiophene rings is 1. The minimum atomic E-state index is -0.586. The predicted molar refractivity (Wildman–Crippen MR) is 257 cm³/mol. The van der Waals surface area contributed by atoms with Crippen LogP contribution in [0.5, 0.6) is 11.5 Å². The molecule has 4 nitrogen and oxygen atoms in total. The summed E-state index contributed by atoms with van der Waals surface area (Å²) in [5.41, 5.74) is 14.1. The number of fused-ring (bicyclic) bond motifs is 13. The molecule has 0 saturated heterocycles. The molecule has 1 aliphatic carbocycles. The molecule has 1 unspecified atom stereocenters. The van der Waals surface area contributed by atoms with Crippen LogP contribution in [0, 0.1) is 0 Å². The van der Waals surface area contributed by atoms with Crippen molar-refractivity contribution >= 4 is 31.5 Å². The fourth-order valence-corrected chi connectivity index (χ4v) is 11.2. The zero-order valence-electron chi connectivity index (χ0n) is 33.9. The lowest BCUT2D eigenvalue weighted by Gasteiger charge is -2.39. The van der Waals surface area contributed by atoms with E-state index in [2.05, 4.69) is 152 Å². The average Bonchev–Trinajstić information content (AvgIpc) is 3.88. The maximum Gasteiger partial charge on any atom is 0.164 e. The van der Waals surface area contributed by atoms with Gasteiger partial charge in [0.2, 0.25) is 0 Å². The van der Waals surface area contributed by atoms with E-state index < -0.39 is 5.41 Å². The van der Waals surface area contributed by atoms with Crippen LogP contribution in [0.3, 0.4) is 0 Å². The van der Waals surface area contributed by atoms with Crippen molar-refractivity contribution in [2.24, 2.45) is 0 Å². The zero-order chi connectivity index (χ0) is 41.5. The molecule has 1 atom stereocenters. The van der Waals surface area contributed by atoms with Crippen LogP contribution in [-0.2, 0) is 5.41 Å². The van der Waals surface area contributed by atoms with Crippen molar-refractivity contribution in [2.45, 2.75) is 5.41 Å². The molecule has 0 saturated carbocycles. The molecule has 9 aromatic carbocycles. The number of nitrogens with zero attached hydrogens (tertiary/aromatic N) is 3. The summed E-state index contributed by atoms with van der Waals surface area (Å²) in [6.45, 7) is 0. The van der Waals surface area contributed by atoms with Crippen LogP contribution in [0.2, 0.25) is 0 Å². The lowest BCUT2D eigenvalue weighted by molar-refractivity contribution is 0.436. The van der Waals surface area contributed by atoms with Crippen LogP contribution in [0.15, 0.2) is 212 Å². The highest BCUT2D eigenvalue weighted by atomic mass is 32.1. The first-order chi connectivity index (χ1) is 31.2. The topological polar surface area (TPSA) is 47.9 Å². The SMILES string of the molecule is c1ccc(-c2nc(-c3ccccc3)nc(-c3cccc(-c4cccc(-c5ccc6c(c5)C5(c7ccccc7O6)c6ccccc6-c6c5ccc5sc7ccccc7c65)c4)c3)n2)cc1. The molecule has 3 heterocycles. The molecule has 11 aromatic rings. The quantitative estimate of drug-likeness (QED) is 0.173. The Kier molecular flexibility index (Phi) is 7.96. The highest BCUT2D eigenvalue weighted by Crippen LogP contribution is 2.64. The fourth-order valence-electron chi connectivity index (χ4n) is 10.0. The van der Waals surface area contributed by atoms with Gasteiger partial charge >= 0.3 is 0 Å². The number of rotatable bonds is 5. The van der Waals surface area contributed by atoms with Crippen molar-refractivity contribution in [2.75, 3.05) is 0 Å². The Morgan fingerprint density at radius 3 is 1.62 bits per heavy atom. The van der Waals surface area contributed by atoms with Crippen LogP contribution < -0.4 is 4.74 Å². The van der Waals surface area contributed by atoms with Gasteiger partial charge in [-0.15, -0.1) is 11.3 Å². The Bertz CT molecular complexity index is 3560. The van der Waals surface area contributed by atoms with Gasteiger partial charge in [0.05, 0.1) is 5.41 Å². The van der Waals surface area contributed by atoms with E-state index in [1.807, 2.05) is 72.0 Å². The van der Waals surface area contributed by atoms with Crippen molar-refractivity contribution in [1.82, 2.24) is 15.0 Å². The molecule has 294 valence electrons. The molecule has 0 fully saturated rings. The number of hydrogen-bond donors (Lipinski definition) is 0. The van der Waals surface area contributed by atoms with E-state index in [1.54, 1.807) is 0 Å². The second-order valence-corrected chi connectivity index (χ2v) is 17.3. The monoisotopic (exact) mass is 821 g/mol. The third-order valence-corrected chi connectivity index (χ3v) is 13.9. The Morgan fingerprint density at radius 2 is 0.889 bits per heavy atom. The highest BCUT2D eigenvalue weighted by molar-refractivity contribution is 7.26. The lowest BCUT2D eigenvalue weighted by atomic mass is 9.65. The molecular formula is C58H35N3OS. The molecule has 2 aliphatic rings. The Morgan fingerprint density at radius 1 is 0.349 bits per heavy atom. The van der Waals surface area contributed by atoms with E-state index in [4.69, 9.17) is 19.7 Å². The second-order valence-electron chi connectivity index (χ2n) is 16.3. The van der Waals surface area contributed by atoms with E-state index in [0.29, 0.717) is 17.5 Å². The van der Waals surface area contributed by atoms with Crippen LogP contribution in [-0.4, -0.2) is 15.0 Å². The molecule has 0 radical (unpaired) electrons. The molecular weight excluding hydrogens is 787 g/mol. The predicted octanol–water partition coefficient (Wildman–Crippen LogP) is 15.0. The third kappa shape index (κ3) is 5.50. The Hall–Kier alpha value is -7.99. The van der Waals surface area contributed by atoms with Gasteiger partial charge in [-0.2, -0.15) is 0 Å². The minimum absolute atomic E-state index is 0.586. The van der Waals surface area contributed by atoms with Gasteiger partial charge in [0.1, 0.15) is 11.5 Å². The first-order valence-corrected chi connectivity index (χ1v) is 22.1. The molecule has 5 heteroatoms. The first-order valence-electron chi connectivity index (χ1n) is 21.3. The summed E-state index contributed by atoms with van der Waals surface area (Å²) in [4.78, 5) is 14.9. The fraction of sp³-hybridized carbons (Fsp3) is 0.0172. The van der Waals surface area contributed by atoms with E-state index in [0.717, 1.165) is 61.6 Å². The van der Waals surface area contributed by atoms with E-state index in [-0.39, 0.29) is 0 Å². The highest BCUT2D eigenvalue weighted by Gasteiger charge is 2.51. The molecule has 1 spiro atoms. The summed E-state index contributed by atoms with van der Waals surface area (Å²) < 4.78 is 9.45. The van der Waals surface area contributed by atoms with Gasteiger partial charge in [-0.1, -0.05) is 170 Å². The minimum Gasteiger partial charge on any atom is -0.457 e. The summed E-state index contributed by atoms with van der Waals surface area (Å²) in [5, 5.41) is 2.64. The molecule has 63 heavy (non-hydrogen) atoms. The number of hydrogen-bond acceptors (Lipinski definition) is 5. The van der Waals surface area contributed by atoms with E-state index in [9.17, 15) is 0 Å². The number of para-hydroxylation sites is 1. The second kappa shape index (κ2) is 14.0. The normalized spacial score (nSPS) is 14.5. The van der Waals surface area contributed by atoms with Crippen LogP contribution in [0.25, 0.3) is 87.7 Å². The van der Waals surface area contributed by atoms with Crippen molar-refractivity contribution in [3.63, 3.8) is 0 Å². The summed E-state index contributed by atoms with van der Waals surface area (Å²) in [7, 11) is 0. The van der Waals surface area contributed by atoms with Crippen molar-refractivity contribution in [1.29, 1.82) is 0 Å². The smallest absolute Gasteiger partial charge is 0.164 e. The third-order valence-electron chi connectivity index (χ3n) is 12.8. The molecule has 2 aromatic heterocycles.